The van der Waals surface area contributed by atoms with Crippen molar-refractivity contribution in [1.82, 2.24) is 25.4 Å². The molecule has 2 N–H and O–H groups in total. The number of aliphatic imine (C=N–C) groups is 1. The van der Waals surface area contributed by atoms with E-state index in [0.29, 0.717) is 6.04 Å². The van der Waals surface area contributed by atoms with Crippen molar-refractivity contribution in [1.29, 1.82) is 0 Å². The van der Waals surface area contributed by atoms with Crippen LogP contribution in [0.4, 0.5) is 0 Å². The van der Waals surface area contributed by atoms with E-state index < -0.39 is 0 Å². The summed E-state index contributed by atoms with van der Waals surface area (Å²) < 4.78 is 0. The first-order valence-electron chi connectivity index (χ1n) is 10.5. The molecule has 1 aliphatic rings. The van der Waals surface area contributed by atoms with Crippen molar-refractivity contribution >= 4 is 17.3 Å². The fourth-order valence-electron chi connectivity index (χ4n) is 3.68. The SMILES string of the molecule is CCc1cnc(CNC(=NC)NCCCN2CCN(C)CC2c2ccccc2)s1. The molecule has 2 heterocycles. The molecule has 0 bridgehead atoms. The minimum atomic E-state index is 0.477. The van der Waals surface area contributed by atoms with Gasteiger partial charge in [0.05, 0.1) is 6.54 Å². The molecule has 3 rings (SSSR count). The Hall–Kier alpha value is -1.96. The molecule has 158 valence electrons. The second-order valence-electron chi connectivity index (χ2n) is 7.50. The lowest BCUT2D eigenvalue weighted by atomic mass is 10.0. The largest absolute Gasteiger partial charge is 0.356 e. The summed E-state index contributed by atoms with van der Waals surface area (Å²) in [5, 5.41) is 7.92. The number of benzene rings is 1. The summed E-state index contributed by atoms with van der Waals surface area (Å²) in [6.45, 7) is 8.22. The van der Waals surface area contributed by atoms with Gasteiger partial charge in [-0.3, -0.25) is 9.89 Å². The summed E-state index contributed by atoms with van der Waals surface area (Å²) in [6.07, 6.45) is 4.10. The molecule has 0 spiro atoms. The number of aromatic nitrogens is 1. The highest BCUT2D eigenvalue weighted by molar-refractivity contribution is 7.11. The Balaban J connectivity index is 1.43. The zero-order chi connectivity index (χ0) is 20.5. The van der Waals surface area contributed by atoms with Gasteiger partial charge in [-0.05, 0) is 25.5 Å². The highest BCUT2D eigenvalue weighted by atomic mass is 32.1. The van der Waals surface area contributed by atoms with Crippen molar-refractivity contribution in [2.24, 2.45) is 4.99 Å². The smallest absolute Gasteiger partial charge is 0.191 e. The lowest BCUT2D eigenvalue weighted by Gasteiger charge is -2.40. The number of rotatable bonds is 8. The molecule has 7 heteroatoms. The third kappa shape index (κ3) is 6.52. The van der Waals surface area contributed by atoms with Gasteiger partial charge in [0.2, 0.25) is 0 Å². The maximum atomic E-state index is 4.46. The standard InChI is InChI=1S/C22H34N6S/c1-4-19-15-25-21(29-19)16-26-22(23-2)24-11-8-12-28-14-13-27(3)17-20(28)18-9-6-5-7-10-18/h5-7,9-10,15,20H,4,8,11-14,16-17H2,1-3H3,(H2,23,24,26). The second kappa shape index (κ2) is 11.3. The van der Waals surface area contributed by atoms with Crippen molar-refractivity contribution in [3.8, 4) is 0 Å². The first-order valence-corrected chi connectivity index (χ1v) is 11.4. The normalized spacial score (nSPS) is 18.7. The molecular weight excluding hydrogens is 380 g/mol. The Morgan fingerprint density at radius 1 is 1.24 bits per heavy atom. The minimum Gasteiger partial charge on any atom is -0.356 e. The van der Waals surface area contributed by atoms with Gasteiger partial charge in [-0.15, -0.1) is 11.3 Å². The summed E-state index contributed by atoms with van der Waals surface area (Å²) in [4.78, 5) is 15.2. The van der Waals surface area contributed by atoms with Gasteiger partial charge in [0.25, 0.3) is 0 Å². The molecular formula is C22H34N6S. The van der Waals surface area contributed by atoms with Gasteiger partial charge in [-0.2, -0.15) is 0 Å². The highest BCUT2D eigenvalue weighted by Gasteiger charge is 2.25. The average Bonchev–Trinajstić information content (AvgIpc) is 3.23. The molecule has 1 unspecified atom stereocenters. The molecule has 1 aliphatic heterocycles. The summed E-state index contributed by atoms with van der Waals surface area (Å²) in [5.41, 5.74) is 1.42. The van der Waals surface area contributed by atoms with Crippen LogP contribution in [0.1, 0.15) is 34.8 Å². The lowest BCUT2D eigenvalue weighted by molar-refractivity contribution is 0.0891. The molecule has 29 heavy (non-hydrogen) atoms. The number of hydrogen-bond acceptors (Lipinski definition) is 5. The van der Waals surface area contributed by atoms with E-state index in [1.54, 1.807) is 11.3 Å². The number of guanidine groups is 1. The average molecular weight is 415 g/mol. The molecule has 0 radical (unpaired) electrons. The molecule has 2 aromatic rings. The van der Waals surface area contributed by atoms with E-state index in [0.717, 1.165) is 63.1 Å². The van der Waals surface area contributed by atoms with Crippen molar-refractivity contribution < 1.29 is 0 Å². The molecule has 1 aromatic heterocycles. The van der Waals surface area contributed by atoms with E-state index in [-0.39, 0.29) is 0 Å². The van der Waals surface area contributed by atoms with Crippen LogP contribution in [0.15, 0.2) is 41.5 Å². The van der Waals surface area contributed by atoms with Crippen molar-refractivity contribution in [3.05, 3.63) is 52.0 Å². The Kier molecular flexibility index (Phi) is 8.46. The third-order valence-electron chi connectivity index (χ3n) is 5.37. The van der Waals surface area contributed by atoms with Gasteiger partial charge in [-0.1, -0.05) is 37.3 Å². The van der Waals surface area contributed by atoms with Crippen LogP contribution in [0.25, 0.3) is 0 Å². The predicted molar refractivity (Wildman–Crippen MR) is 123 cm³/mol. The van der Waals surface area contributed by atoms with Crippen LogP contribution in [0, 0.1) is 0 Å². The van der Waals surface area contributed by atoms with Crippen molar-refractivity contribution in [2.75, 3.05) is 46.8 Å². The number of nitrogens with zero attached hydrogens (tertiary/aromatic N) is 4. The van der Waals surface area contributed by atoms with E-state index >= 15 is 0 Å². The van der Waals surface area contributed by atoms with E-state index in [1.807, 2.05) is 13.2 Å². The summed E-state index contributed by atoms with van der Waals surface area (Å²) in [5.74, 6) is 0.844. The summed E-state index contributed by atoms with van der Waals surface area (Å²) in [6, 6.07) is 11.4. The second-order valence-corrected chi connectivity index (χ2v) is 8.70. The lowest BCUT2D eigenvalue weighted by Crippen LogP contribution is -2.47. The van der Waals surface area contributed by atoms with Crippen LogP contribution in [0.2, 0.25) is 0 Å². The first-order chi connectivity index (χ1) is 14.2. The topological polar surface area (TPSA) is 55.8 Å². The first kappa shape index (κ1) is 21.7. The van der Waals surface area contributed by atoms with Gasteiger partial charge in [-0.25, -0.2) is 4.98 Å². The Morgan fingerprint density at radius 3 is 2.79 bits per heavy atom. The Bertz CT molecular complexity index is 760. The molecule has 1 atom stereocenters. The Labute approximate surface area is 179 Å². The fourth-order valence-corrected chi connectivity index (χ4v) is 4.48. The number of piperazine rings is 1. The summed E-state index contributed by atoms with van der Waals surface area (Å²) >= 11 is 1.76. The van der Waals surface area contributed by atoms with Crippen LogP contribution in [-0.4, -0.2) is 67.6 Å². The van der Waals surface area contributed by atoms with E-state index in [9.17, 15) is 0 Å². The van der Waals surface area contributed by atoms with E-state index in [1.165, 1.54) is 10.4 Å². The van der Waals surface area contributed by atoms with Gasteiger partial charge in [0.15, 0.2) is 5.96 Å². The van der Waals surface area contributed by atoms with Gasteiger partial charge in [0.1, 0.15) is 5.01 Å². The van der Waals surface area contributed by atoms with E-state index in [2.05, 4.69) is 74.7 Å². The number of nitrogens with one attached hydrogen (secondary N) is 2. The molecule has 0 amide bonds. The Morgan fingerprint density at radius 2 is 2.07 bits per heavy atom. The van der Waals surface area contributed by atoms with Gasteiger partial charge >= 0.3 is 0 Å². The molecule has 1 aromatic carbocycles. The van der Waals surface area contributed by atoms with Crippen LogP contribution in [0.5, 0.6) is 0 Å². The maximum Gasteiger partial charge on any atom is 0.191 e. The van der Waals surface area contributed by atoms with Crippen LogP contribution in [0.3, 0.4) is 0 Å². The quantitative estimate of drug-likeness (QED) is 0.395. The fraction of sp³-hybridized carbons (Fsp3) is 0.545. The molecule has 0 saturated carbocycles. The van der Waals surface area contributed by atoms with Gasteiger partial charge < -0.3 is 15.5 Å². The zero-order valence-electron chi connectivity index (χ0n) is 17.9. The number of aryl methyl sites for hydroxylation is 1. The van der Waals surface area contributed by atoms with Crippen LogP contribution < -0.4 is 10.6 Å². The molecule has 0 aliphatic carbocycles. The zero-order valence-corrected chi connectivity index (χ0v) is 18.7. The number of thiazole rings is 1. The highest BCUT2D eigenvalue weighted by Crippen LogP contribution is 2.24. The number of hydrogen-bond donors (Lipinski definition) is 2. The van der Waals surface area contributed by atoms with Crippen LogP contribution in [-0.2, 0) is 13.0 Å². The molecule has 1 fully saturated rings. The van der Waals surface area contributed by atoms with Crippen molar-refractivity contribution in [3.63, 3.8) is 0 Å². The number of likely N-dealkylation sites (N-methyl/N-ethyl adjacent to an activating group) is 1. The van der Waals surface area contributed by atoms with E-state index in [4.69, 9.17) is 0 Å². The van der Waals surface area contributed by atoms with Crippen LogP contribution >= 0.6 is 11.3 Å². The van der Waals surface area contributed by atoms with Crippen molar-refractivity contribution in [2.45, 2.75) is 32.4 Å². The maximum absolute atomic E-state index is 4.46. The van der Waals surface area contributed by atoms with Gasteiger partial charge in [0, 0.05) is 56.9 Å². The molecule has 1 saturated heterocycles. The minimum absolute atomic E-state index is 0.477. The third-order valence-corrected chi connectivity index (χ3v) is 6.52. The monoisotopic (exact) mass is 414 g/mol. The summed E-state index contributed by atoms with van der Waals surface area (Å²) in [7, 11) is 4.04. The molecule has 6 nitrogen and oxygen atoms in total. The predicted octanol–water partition coefficient (Wildman–Crippen LogP) is 2.75.